The Morgan fingerprint density at radius 2 is 1.75 bits per heavy atom. The molecule has 0 bridgehead atoms. The molecule has 1 heterocycles. The van der Waals surface area contributed by atoms with Crippen molar-refractivity contribution < 1.29 is 9.53 Å². The molecule has 1 fully saturated rings. The number of methoxy groups -OCH3 is 1. The van der Waals surface area contributed by atoms with Gasteiger partial charge in [-0.05, 0) is 42.5 Å². The summed E-state index contributed by atoms with van der Waals surface area (Å²) in [5, 5.41) is 0. The van der Waals surface area contributed by atoms with Gasteiger partial charge in [0.05, 0.1) is 7.11 Å². The maximum atomic E-state index is 12.5. The molecule has 0 unspecified atom stereocenters. The quantitative estimate of drug-likeness (QED) is 0.674. The Labute approximate surface area is 174 Å². The number of benzene rings is 2. The van der Waals surface area contributed by atoms with Gasteiger partial charge in [-0.1, -0.05) is 48.9 Å². The first-order valence-electron chi connectivity index (χ1n) is 9.88. The largest absolute Gasteiger partial charge is 0.497 e. The van der Waals surface area contributed by atoms with Gasteiger partial charge in [0.2, 0.25) is 5.91 Å². The number of aryl methyl sites for hydroxylation is 1. The van der Waals surface area contributed by atoms with Crippen molar-refractivity contribution in [2.24, 2.45) is 5.73 Å². The zero-order chi connectivity index (χ0) is 19.1. The number of nitrogens with zero attached hydrogens (tertiary/aromatic N) is 1. The predicted molar refractivity (Wildman–Crippen MR) is 116 cm³/mol. The highest BCUT2D eigenvalue weighted by Gasteiger charge is 2.33. The van der Waals surface area contributed by atoms with Gasteiger partial charge in [-0.25, -0.2) is 0 Å². The van der Waals surface area contributed by atoms with E-state index in [0.29, 0.717) is 13.0 Å². The van der Waals surface area contributed by atoms with Crippen LogP contribution in [-0.4, -0.2) is 37.0 Å². The van der Waals surface area contributed by atoms with Crippen LogP contribution in [0.3, 0.4) is 0 Å². The predicted octanol–water partition coefficient (Wildman–Crippen LogP) is 4.17. The zero-order valence-corrected chi connectivity index (χ0v) is 17.4. The van der Waals surface area contributed by atoms with E-state index in [-0.39, 0.29) is 30.3 Å². The fourth-order valence-corrected chi connectivity index (χ4v) is 3.82. The Bertz CT molecular complexity index is 721. The molecule has 1 saturated heterocycles. The Hall–Kier alpha value is -2.04. The van der Waals surface area contributed by atoms with Gasteiger partial charge in [-0.3, -0.25) is 4.79 Å². The number of carbonyl (C=O) groups is 1. The van der Waals surface area contributed by atoms with E-state index in [1.807, 2.05) is 35.2 Å². The number of unbranched alkanes of at least 4 members (excludes halogenated alkanes) is 2. The second-order valence-electron chi connectivity index (χ2n) is 7.39. The number of ether oxygens (including phenoxy) is 1. The van der Waals surface area contributed by atoms with E-state index in [1.54, 1.807) is 7.11 Å². The lowest BCUT2D eigenvalue weighted by atomic mass is 9.95. The third-order valence-corrected chi connectivity index (χ3v) is 5.46. The summed E-state index contributed by atoms with van der Waals surface area (Å²) in [7, 11) is 1.68. The average Bonchev–Trinajstić information content (AvgIpc) is 3.10. The van der Waals surface area contributed by atoms with E-state index in [0.717, 1.165) is 38.0 Å². The van der Waals surface area contributed by atoms with Crippen LogP contribution in [0.4, 0.5) is 0 Å². The number of carbonyl (C=O) groups excluding carboxylic acids is 1. The number of amides is 1. The molecule has 5 heteroatoms. The minimum absolute atomic E-state index is 0. The lowest BCUT2D eigenvalue weighted by Crippen LogP contribution is -2.32. The van der Waals surface area contributed by atoms with Crippen LogP contribution in [0.25, 0.3) is 0 Å². The van der Waals surface area contributed by atoms with Gasteiger partial charge in [0, 0.05) is 31.5 Å². The Morgan fingerprint density at radius 1 is 1.04 bits per heavy atom. The summed E-state index contributed by atoms with van der Waals surface area (Å²) >= 11 is 0. The van der Waals surface area contributed by atoms with Gasteiger partial charge in [0.15, 0.2) is 0 Å². The summed E-state index contributed by atoms with van der Waals surface area (Å²) in [4.78, 5) is 14.5. The minimum Gasteiger partial charge on any atom is -0.497 e. The normalized spacial score (nSPS) is 18.6. The summed E-state index contributed by atoms with van der Waals surface area (Å²) in [5.74, 6) is 1.39. The first-order chi connectivity index (χ1) is 13.2. The molecule has 2 aromatic rings. The van der Waals surface area contributed by atoms with Crippen molar-refractivity contribution in [3.63, 3.8) is 0 Å². The molecular formula is C23H31ClN2O2. The standard InChI is InChI=1S/C23H30N2O2.ClH/c1-27-20-14-12-18(13-15-20)8-4-2-7-11-23(26)25-16-21(22(24)17-25)19-9-5-3-6-10-19;/h3,5-6,9-10,12-15,21-22H,2,4,7-8,11,16-17,24H2,1H3;1H/t21-,22+;/m0./s1. The number of hydrogen-bond acceptors (Lipinski definition) is 3. The van der Waals surface area contributed by atoms with Crippen molar-refractivity contribution >= 4 is 18.3 Å². The highest BCUT2D eigenvalue weighted by molar-refractivity contribution is 5.85. The summed E-state index contributed by atoms with van der Waals surface area (Å²) in [5.41, 5.74) is 8.85. The van der Waals surface area contributed by atoms with Gasteiger partial charge in [-0.2, -0.15) is 0 Å². The van der Waals surface area contributed by atoms with Crippen LogP contribution in [0.2, 0.25) is 0 Å². The maximum absolute atomic E-state index is 12.5. The third-order valence-electron chi connectivity index (χ3n) is 5.46. The summed E-state index contributed by atoms with van der Waals surface area (Å²) in [6.07, 6.45) is 4.78. The van der Waals surface area contributed by atoms with Gasteiger partial charge in [0.1, 0.15) is 5.75 Å². The third kappa shape index (κ3) is 5.98. The first-order valence-corrected chi connectivity index (χ1v) is 9.88. The van der Waals surface area contributed by atoms with E-state index in [2.05, 4.69) is 24.3 Å². The molecule has 0 saturated carbocycles. The van der Waals surface area contributed by atoms with Crippen molar-refractivity contribution in [2.45, 2.75) is 44.1 Å². The molecule has 28 heavy (non-hydrogen) atoms. The minimum atomic E-state index is 0. The van der Waals surface area contributed by atoms with Crippen molar-refractivity contribution in [1.82, 2.24) is 4.90 Å². The van der Waals surface area contributed by atoms with Gasteiger partial charge in [0.25, 0.3) is 0 Å². The molecule has 2 atom stereocenters. The molecular weight excluding hydrogens is 372 g/mol. The fourth-order valence-electron chi connectivity index (χ4n) is 3.82. The monoisotopic (exact) mass is 402 g/mol. The molecule has 0 aliphatic carbocycles. The molecule has 0 aromatic heterocycles. The molecule has 2 N–H and O–H groups in total. The zero-order valence-electron chi connectivity index (χ0n) is 16.5. The second-order valence-corrected chi connectivity index (χ2v) is 7.39. The van der Waals surface area contributed by atoms with Crippen LogP contribution in [-0.2, 0) is 11.2 Å². The molecule has 1 amide bonds. The number of likely N-dealkylation sites (tertiary alicyclic amines) is 1. The van der Waals surface area contributed by atoms with E-state index in [4.69, 9.17) is 10.5 Å². The second kappa shape index (κ2) is 11.1. The highest BCUT2D eigenvalue weighted by Crippen LogP contribution is 2.27. The van der Waals surface area contributed by atoms with Crippen molar-refractivity contribution in [3.05, 3.63) is 65.7 Å². The van der Waals surface area contributed by atoms with Crippen LogP contribution < -0.4 is 10.5 Å². The highest BCUT2D eigenvalue weighted by atomic mass is 35.5. The van der Waals surface area contributed by atoms with Crippen molar-refractivity contribution in [2.75, 3.05) is 20.2 Å². The Balaban J connectivity index is 0.00000280. The molecule has 1 aliphatic heterocycles. The van der Waals surface area contributed by atoms with Gasteiger partial charge >= 0.3 is 0 Å². The average molecular weight is 403 g/mol. The molecule has 0 radical (unpaired) electrons. The van der Waals surface area contributed by atoms with Gasteiger partial charge in [-0.15, -0.1) is 12.4 Å². The first kappa shape index (κ1) is 22.3. The number of nitrogens with two attached hydrogens (primary N) is 1. The molecule has 1 aliphatic rings. The molecule has 0 spiro atoms. The Morgan fingerprint density at radius 3 is 2.43 bits per heavy atom. The smallest absolute Gasteiger partial charge is 0.222 e. The molecule has 2 aromatic carbocycles. The maximum Gasteiger partial charge on any atom is 0.222 e. The van der Waals surface area contributed by atoms with E-state index < -0.39 is 0 Å². The Kier molecular flexibility index (Phi) is 8.81. The van der Waals surface area contributed by atoms with E-state index in [1.165, 1.54) is 11.1 Å². The summed E-state index contributed by atoms with van der Waals surface area (Å²) < 4.78 is 5.18. The lowest BCUT2D eigenvalue weighted by Gasteiger charge is -2.16. The fraction of sp³-hybridized carbons (Fsp3) is 0.435. The van der Waals surface area contributed by atoms with E-state index in [9.17, 15) is 4.79 Å². The molecule has 3 rings (SSSR count). The van der Waals surface area contributed by atoms with Crippen molar-refractivity contribution in [3.8, 4) is 5.75 Å². The van der Waals surface area contributed by atoms with Gasteiger partial charge < -0.3 is 15.4 Å². The SMILES string of the molecule is COc1ccc(CCCCCC(=O)N2C[C@@H](N)[C@H](c3ccccc3)C2)cc1.Cl. The number of halogens is 1. The molecule has 152 valence electrons. The summed E-state index contributed by atoms with van der Waals surface area (Å²) in [6.45, 7) is 1.42. The van der Waals surface area contributed by atoms with Crippen LogP contribution >= 0.6 is 12.4 Å². The van der Waals surface area contributed by atoms with Crippen LogP contribution in [0.5, 0.6) is 5.75 Å². The van der Waals surface area contributed by atoms with E-state index >= 15 is 0 Å². The number of hydrogen-bond donors (Lipinski definition) is 1. The summed E-state index contributed by atoms with van der Waals surface area (Å²) in [6, 6.07) is 18.6. The van der Waals surface area contributed by atoms with Crippen LogP contribution in [0, 0.1) is 0 Å². The topological polar surface area (TPSA) is 55.6 Å². The van der Waals surface area contributed by atoms with Crippen LogP contribution in [0.15, 0.2) is 54.6 Å². The number of rotatable bonds is 8. The molecule has 4 nitrogen and oxygen atoms in total. The lowest BCUT2D eigenvalue weighted by molar-refractivity contribution is -0.130. The van der Waals surface area contributed by atoms with Crippen molar-refractivity contribution in [1.29, 1.82) is 0 Å². The van der Waals surface area contributed by atoms with Crippen LogP contribution in [0.1, 0.15) is 42.7 Å².